The number of aromatic amines is 1. The first-order valence-corrected chi connectivity index (χ1v) is 9.78. The molecule has 0 atom stereocenters. The van der Waals surface area contributed by atoms with Crippen molar-refractivity contribution in [3.63, 3.8) is 0 Å². The third-order valence-electron chi connectivity index (χ3n) is 3.05. The van der Waals surface area contributed by atoms with Crippen molar-refractivity contribution < 1.29 is 9.53 Å². The highest BCUT2D eigenvalue weighted by atomic mass is 32.2. The van der Waals surface area contributed by atoms with Crippen LogP contribution in [0.15, 0.2) is 40.3 Å². The molecule has 0 fully saturated rings. The Morgan fingerprint density at radius 2 is 2.04 bits per heavy atom. The Morgan fingerprint density at radius 3 is 2.68 bits per heavy atom. The summed E-state index contributed by atoms with van der Waals surface area (Å²) < 4.78 is 5.08. The predicted octanol–water partition coefficient (Wildman–Crippen LogP) is 3.15. The van der Waals surface area contributed by atoms with E-state index in [2.05, 4.69) is 29.1 Å². The van der Waals surface area contributed by atoms with E-state index >= 15 is 0 Å². The molecule has 0 spiro atoms. The second-order valence-electron chi connectivity index (χ2n) is 5.47. The molecule has 0 aliphatic heterocycles. The molecule has 0 aliphatic rings. The fourth-order valence-electron chi connectivity index (χ4n) is 1.88. The second kappa shape index (κ2) is 9.53. The van der Waals surface area contributed by atoms with Crippen LogP contribution in [0.2, 0.25) is 0 Å². The number of H-pyrrole nitrogens is 1. The average molecular weight is 380 g/mol. The monoisotopic (exact) mass is 379 g/mol. The highest BCUT2D eigenvalue weighted by Crippen LogP contribution is 2.18. The highest BCUT2D eigenvalue weighted by molar-refractivity contribution is 7.99. The Labute approximate surface area is 155 Å². The third-order valence-corrected chi connectivity index (χ3v) is 5.05. The number of thioether (sulfide) groups is 2. The van der Waals surface area contributed by atoms with Gasteiger partial charge in [0.2, 0.25) is 5.91 Å². The third kappa shape index (κ3) is 6.83. The van der Waals surface area contributed by atoms with Gasteiger partial charge in [-0.2, -0.15) is 11.8 Å². The Morgan fingerprint density at radius 1 is 1.32 bits per heavy atom. The fourth-order valence-corrected chi connectivity index (χ4v) is 3.23. The zero-order valence-corrected chi connectivity index (χ0v) is 16.0. The Bertz CT molecular complexity index is 760. The maximum atomic E-state index is 12.0. The molecule has 6 nitrogen and oxygen atoms in total. The SMILES string of the molecule is COc1ccc(NC(=O)CSc2nc(CSC(C)C)cc(=O)[nH]2)cc1. The van der Waals surface area contributed by atoms with Gasteiger partial charge in [0, 0.05) is 17.5 Å². The highest BCUT2D eigenvalue weighted by Gasteiger charge is 2.08. The van der Waals surface area contributed by atoms with Gasteiger partial charge in [0.05, 0.1) is 18.6 Å². The lowest BCUT2D eigenvalue weighted by molar-refractivity contribution is -0.113. The van der Waals surface area contributed by atoms with E-state index in [0.717, 1.165) is 11.4 Å². The molecule has 8 heteroatoms. The molecule has 0 radical (unpaired) electrons. The standard InChI is InChI=1S/C17H21N3O3S2/c1-11(2)24-9-13-8-15(21)20-17(19-13)25-10-16(22)18-12-4-6-14(23-3)7-5-12/h4-8,11H,9-10H2,1-3H3,(H,18,22)(H,19,20,21). The zero-order chi connectivity index (χ0) is 18.2. The number of nitrogens with one attached hydrogen (secondary N) is 2. The molecular formula is C17H21N3O3S2. The van der Waals surface area contributed by atoms with E-state index in [1.807, 2.05) is 0 Å². The number of ether oxygens (including phenoxy) is 1. The molecule has 0 bridgehead atoms. The topological polar surface area (TPSA) is 84.1 Å². The number of methoxy groups -OCH3 is 1. The van der Waals surface area contributed by atoms with Gasteiger partial charge < -0.3 is 15.0 Å². The first kappa shape index (κ1) is 19.4. The maximum Gasteiger partial charge on any atom is 0.251 e. The van der Waals surface area contributed by atoms with Crippen molar-refractivity contribution in [1.29, 1.82) is 0 Å². The second-order valence-corrected chi connectivity index (χ2v) is 8.00. The average Bonchev–Trinajstić information content (AvgIpc) is 2.58. The van der Waals surface area contributed by atoms with Crippen LogP contribution in [0.4, 0.5) is 5.69 Å². The Balaban J connectivity index is 1.91. The van der Waals surface area contributed by atoms with Gasteiger partial charge >= 0.3 is 0 Å². The molecule has 1 heterocycles. The minimum atomic E-state index is -0.201. The number of nitrogens with zero attached hydrogens (tertiary/aromatic N) is 1. The van der Waals surface area contributed by atoms with Crippen LogP contribution in [0.5, 0.6) is 5.75 Å². The summed E-state index contributed by atoms with van der Waals surface area (Å²) >= 11 is 2.92. The number of benzene rings is 1. The molecule has 2 aromatic rings. The van der Waals surface area contributed by atoms with E-state index in [9.17, 15) is 9.59 Å². The van der Waals surface area contributed by atoms with Gasteiger partial charge in [-0.05, 0) is 29.5 Å². The lowest BCUT2D eigenvalue weighted by atomic mass is 10.3. The largest absolute Gasteiger partial charge is 0.497 e. The van der Waals surface area contributed by atoms with Crippen molar-refractivity contribution in [1.82, 2.24) is 9.97 Å². The van der Waals surface area contributed by atoms with Crippen molar-refractivity contribution in [2.75, 3.05) is 18.2 Å². The number of amides is 1. The molecule has 1 aromatic heterocycles. The van der Waals surface area contributed by atoms with Crippen LogP contribution in [0.1, 0.15) is 19.5 Å². The van der Waals surface area contributed by atoms with E-state index < -0.39 is 0 Å². The maximum absolute atomic E-state index is 12.0. The summed E-state index contributed by atoms with van der Waals surface area (Å²) in [6.07, 6.45) is 0. The van der Waals surface area contributed by atoms with Crippen LogP contribution in [0.25, 0.3) is 0 Å². The van der Waals surface area contributed by atoms with E-state index in [-0.39, 0.29) is 17.2 Å². The van der Waals surface area contributed by atoms with Crippen LogP contribution < -0.4 is 15.6 Å². The number of carbonyl (C=O) groups is 1. The summed E-state index contributed by atoms with van der Waals surface area (Å²) in [5.41, 5.74) is 1.21. The summed E-state index contributed by atoms with van der Waals surface area (Å²) in [6, 6.07) is 8.59. The zero-order valence-electron chi connectivity index (χ0n) is 14.4. The normalized spacial score (nSPS) is 10.7. The van der Waals surface area contributed by atoms with Crippen LogP contribution in [0.3, 0.4) is 0 Å². The first-order chi connectivity index (χ1) is 12.0. The van der Waals surface area contributed by atoms with Crippen molar-refractivity contribution in [2.45, 2.75) is 30.0 Å². The molecule has 0 unspecified atom stereocenters. The van der Waals surface area contributed by atoms with E-state index in [4.69, 9.17) is 4.74 Å². The van der Waals surface area contributed by atoms with Gasteiger partial charge in [0.25, 0.3) is 5.56 Å². The number of anilines is 1. The number of hydrogen-bond donors (Lipinski definition) is 2. The number of hydrogen-bond acceptors (Lipinski definition) is 6. The quantitative estimate of drug-likeness (QED) is 0.541. The lowest BCUT2D eigenvalue weighted by Gasteiger charge is -2.07. The molecule has 1 amide bonds. The van der Waals surface area contributed by atoms with Gasteiger partial charge in [0.1, 0.15) is 5.75 Å². The van der Waals surface area contributed by atoms with Crippen molar-refractivity contribution in [3.8, 4) is 5.75 Å². The van der Waals surface area contributed by atoms with Gasteiger partial charge in [0.15, 0.2) is 5.16 Å². The van der Waals surface area contributed by atoms with Gasteiger partial charge in [-0.15, -0.1) is 0 Å². The Hall–Kier alpha value is -1.93. The smallest absolute Gasteiger partial charge is 0.251 e. The molecule has 2 N–H and O–H groups in total. The molecule has 2 rings (SSSR count). The van der Waals surface area contributed by atoms with E-state index in [0.29, 0.717) is 21.8 Å². The Kier molecular flexibility index (Phi) is 7.39. The molecule has 1 aromatic carbocycles. The van der Waals surface area contributed by atoms with Crippen LogP contribution in [-0.4, -0.2) is 34.0 Å². The molecule has 25 heavy (non-hydrogen) atoms. The number of rotatable bonds is 8. The van der Waals surface area contributed by atoms with Crippen LogP contribution in [-0.2, 0) is 10.5 Å². The molecule has 0 saturated carbocycles. The molecule has 134 valence electrons. The molecule has 0 aliphatic carbocycles. The van der Waals surface area contributed by atoms with Crippen LogP contribution in [0, 0.1) is 0 Å². The summed E-state index contributed by atoms with van der Waals surface area (Å²) in [4.78, 5) is 30.8. The fraction of sp³-hybridized carbons (Fsp3) is 0.353. The number of carbonyl (C=O) groups excluding carboxylic acids is 1. The van der Waals surface area contributed by atoms with E-state index in [1.54, 1.807) is 43.1 Å². The van der Waals surface area contributed by atoms with Gasteiger partial charge in [-0.1, -0.05) is 25.6 Å². The lowest BCUT2D eigenvalue weighted by Crippen LogP contribution is -2.15. The summed E-state index contributed by atoms with van der Waals surface area (Å²) in [6.45, 7) is 4.19. The van der Waals surface area contributed by atoms with Crippen molar-refractivity contribution in [3.05, 3.63) is 46.4 Å². The minimum Gasteiger partial charge on any atom is -0.497 e. The minimum absolute atomic E-state index is 0.162. The summed E-state index contributed by atoms with van der Waals surface area (Å²) in [5, 5.41) is 3.71. The van der Waals surface area contributed by atoms with Gasteiger partial charge in [-0.3, -0.25) is 9.59 Å². The van der Waals surface area contributed by atoms with E-state index in [1.165, 1.54) is 17.8 Å². The predicted molar refractivity (Wildman–Crippen MR) is 104 cm³/mol. The number of aromatic nitrogens is 2. The van der Waals surface area contributed by atoms with Crippen molar-refractivity contribution >= 4 is 35.1 Å². The first-order valence-electron chi connectivity index (χ1n) is 7.75. The summed E-state index contributed by atoms with van der Waals surface area (Å²) in [5.74, 6) is 1.40. The van der Waals surface area contributed by atoms with Crippen molar-refractivity contribution in [2.24, 2.45) is 0 Å². The van der Waals surface area contributed by atoms with Gasteiger partial charge in [-0.25, -0.2) is 4.98 Å². The summed E-state index contributed by atoms with van der Waals surface area (Å²) in [7, 11) is 1.59. The molecular weight excluding hydrogens is 358 g/mol. The van der Waals surface area contributed by atoms with Crippen LogP contribution >= 0.6 is 23.5 Å². The molecule has 0 saturated heterocycles.